The Morgan fingerprint density at radius 1 is 1.05 bits per heavy atom. The first-order valence-corrected chi connectivity index (χ1v) is 13.3. The van der Waals surface area contributed by atoms with Crippen molar-refractivity contribution in [2.45, 2.75) is 17.5 Å². The summed E-state index contributed by atoms with van der Waals surface area (Å²) in [4.78, 5) is 25.9. The van der Waals surface area contributed by atoms with E-state index in [2.05, 4.69) is 20.7 Å². The van der Waals surface area contributed by atoms with Crippen LogP contribution in [0.25, 0.3) is 10.8 Å². The number of pyridine rings is 1. The molecule has 0 aliphatic heterocycles. The van der Waals surface area contributed by atoms with Crippen LogP contribution in [0.2, 0.25) is 0 Å². The van der Waals surface area contributed by atoms with Gasteiger partial charge in [0.25, 0.3) is 11.5 Å². The van der Waals surface area contributed by atoms with Crippen molar-refractivity contribution in [3.8, 4) is 11.6 Å². The Bertz CT molecular complexity index is 1740. The Balaban J connectivity index is 1.33. The average molecular weight is 555 g/mol. The number of aryl methyl sites for hydroxylation is 1. The van der Waals surface area contributed by atoms with E-state index in [1.54, 1.807) is 73.7 Å². The third-order valence-electron chi connectivity index (χ3n) is 6.30. The summed E-state index contributed by atoms with van der Waals surface area (Å²) in [6.07, 6.45) is 3.00. The van der Waals surface area contributed by atoms with Gasteiger partial charge in [-0.3, -0.25) is 14.2 Å². The Morgan fingerprint density at radius 2 is 1.75 bits per heavy atom. The number of carbonyl (C=O) groups excluding carboxylic acids is 1. The number of aromatic nitrogens is 4. The molecule has 0 fully saturated rings. The summed E-state index contributed by atoms with van der Waals surface area (Å²) in [5, 5.41) is 24.9. The van der Waals surface area contributed by atoms with E-state index in [4.69, 9.17) is 4.74 Å². The van der Waals surface area contributed by atoms with E-state index in [1.165, 1.54) is 10.8 Å². The molecule has 0 atom stereocenters. The molecule has 0 saturated carbocycles. The molecule has 2 heterocycles. The van der Waals surface area contributed by atoms with Crippen molar-refractivity contribution in [2.75, 3.05) is 7.11 Å². The van der Waals surface area contributed by atoms with Crippen molar-refractivity contribution in [3.63, 3.8) is 0 Å². The summed E-state index contributed by atoms with van der Waals surface area (Å²) in [6.45, 7) is 0.147. The van der Waals surface area contributed by atoms with Gasteiger partial charge in [0.15, 0.2) is 5.16 Å². The highest BCUT2D eigenvalue weighted by Gasteiger charge is 2.16. The summed E-state index contributed by atoms with van der Waals surface area (Å²) in [7, 11) is 3.46. The molecule has 0 aliphatic carbocycles. The molecular weight excluding hydrogens is 528 g/mol. The zero-order chi connectivity index (χ0) is 28.1. The lowest BCUT2D eigenvalue weighted by Crippen LogP contribution is -2.23. The van der Waals surface area contributed by atoms with Crippen molar-refractivity contribution in [3.05, 3.63) is 112 Å². The van der Waals surface area contributed by atoms with Crippen LogP contribution in [-0.2, 0) is 19.3 Å². The van der Waals surface area contributed by atoms with E-state index in [0.717, 1.165) is 16.3 Å². The van der Waals surface area contributed by atoms with Crippen molar-refractivity contribution in [2.24, 2.45) is 12.1 Å². The topological polar surface area (TPSA) is 124 Å². The lowest BCUT2D eigenvalue weighted by Gasteiger charge is -2.14. The molecule has 0 saturated heterocycles. The summed E-state index contributed by atoms with van der Waals surface area (Å²) >= 11 is 1.55. The molecule has 1 amide bonds. The van der Waals surface area contributed by atoms with Crippen LogP contribution >= 0.6 is 11.8 Å². The first kappa shape index (κ1) is 26.7. The van der Waals surface area contributed by atoms with Gasteiger partial charge < -0.3 is 14.4 Å². The second-order valence-electron chi connectivity index (χ2n) is 8.93. The molecule has 40 heavy (non-hydrogen) atoms. The molecule has 2 aromatic heterocycles. The average Bonchev–Trinajstić information content (AvgIpc) is 3.40. The van der Waals surface area contributed by atoms with E-state index in [-0.39, 0.29) is 18.0 Å². The molecule has 0 unspecified atom stereocenters. The fourth-order valence-corrected chi connectivity index (χ4v) is 4.97. The molecule has 0 aliphatic rings. The first-order chi connectivity index (χ1) is 19.4. The van der Waals surface area contributed by atoms with Crippen LogP contribution < -0.4 is 15.7 Å². The number of hydrazone groups is 1. The number of nitrogens with one attached hydrogen (secondary N) is 1. The zero-order valence-electron chi connectivity index (χ0n) is 21.8. The quantitative estimate of drug-likeness (QED) is 0.161. The SMILES string of the molecule is COc1ccc(Cn2c(O)c(/C=N/NC(=O)c3ccc(CSc4nncn4C)cc3)c3ccccc3c2=O)cc1. The first-order valence-electron chi connectivity index (χ1n) is 12.3. The number of amides is 1. The van der Waals surface area contributed by atoms with Crippen LogP contribution in [0.4, 0.5) is 0 Å². The van der Waals surface area contributed by atoms with Crippen LogP contribution in [0.1, 0.15) is 27.0 Å². The Morgan fingerprint density at radius 3 is 2.42 bits per heavy atom. The lowest BCUT2D eigenvalue weighted by molar-refractivity contribution is 0.0955. The van der Waals surface area contributed by atoms with Crippen LogP contribution in [0, 0.1) is 0 Å². The highest BCUT2D eigenvalue weighted by Crippen LogP contribution is 2.24. The molecule has 11 heteroatoms. The third-order valence-corrected chi connectivity index (χ3v) is 7.41. The molecule has 202 valence electrons. The van der Waals surface area contributed by atoms with E-state index in [0.29, 0.717) is 33.4 Å². The number of hydrogen-bond donors (Lipinski definition) is 2. The van der Waals surface area contributed by atoms with Gasteiger partial charge in [0.1, 0.15) is 12.1 Å². The highest BCUT2D eigenvalue weighted by molar-refractivity contribution is 7.98. The van der Waals surface area contributed by atoms with Crippen molar-refractivity contribution < 1.29 is 14.6 Å². The summed E-state index contributed by atoms with van der Waals surface area (Å²) in [5.74, 6) is 0.727. The number of benzene rings is 3. The van der Waals surface area contributed by atoms with Gasteiger partial charge in [-0.25, -0.2) is 5.43 Å². The van der Waals surface area contributed by atoms with E-state index < -0.39 is 5.91 Å². The van der Waals surface area contributed by atoms with E-state index in [1.807, 2.05) is 35.9 Å². The molecule has 3 aromatic carbocycles. The van der Waals surface area contributed by atoms with Gasteiger partial charge in [-0.2, -0.15) is 5.10 Å². The maximum Gasteiger partial charge on any atom is 0.271 e. The number of thioether (sulfide) groups is 1. The Labute approximate surface area is 233 Å². The number of fused-ring (bicyclic) bond motifs is 1. The molecule has 0 spiro atoms. The fourth-order valence-electron chi connectivity index (χ4n) is 4.12. The second-order valence-corrected chi connectivity index (χ2v) is 9.87. The van der Waals surface area contributed by atoms with Crippen molar-refractivity contribution in [1.29, 1.82) is 0 Å². The molecule has 0 bridgehead atoms. The predicted octanol–water partition coefficient (Wildman–Crippen LogP) is 3.95. The van der Waals surface area contributed by atoms with Crippen LogP contribution in [0.5, 0.6) is 11.6 Å². The minimum atomic E-state index is -0.404. The minimum absolute atomic E-state index is 0.147. The fraction of sp³-hybridized carbons (Fsp3) is 0.138. The summed E-state index contributed by atoms with van der Waals surface area (Å²) in [5.41, 5.74) is 4.77. The van der Waals surface area contributed by atoms with Crippen LogP contribution in [0.3, 0.4) is 0 Å². The van der Waals surface area contributed by atoms with Crippen LogP contribution in [0.15, 0.2) is 94.2 Å². The molecule has 2 N–H and O–H groups in total. The molecular formula is C29H26N6O4S. The standard InChI is InChI=1S/C29H26N6O4S/c1-34-18-31-33-29(34)40-17-20-7-11-21(12-8-20)26(36)32-30-15-25-23-5-3-4-6-24(23)27(37)35(28(25)38)16-19-9-13-22(39-2)14-10-19/h3-15,18,38H,16-17H2,1-2H3,(H,32,36)/b30-15+. The van der Waals surface area contributed by atoms with Gasteiger partial charge in [0.2, 0.25) is 5.88 Å². The maximum atomic E-state index is 13.2. The summed E-state index contributed by atoms with van der Waals surface area (Å²) < 4.78 is 8.32. The normalized spacial score (nSPS) is 11.2. The smallest absolute Gasteiger partial charge is 0.271 e. The zero-order valence-corrected chi connectivity index (χ0v) is 22.6. The summed E-state index contributed by atoms with van der Waals surface area (Å²) in [6, 6.07) is 21.4. The predicted molar refractivity (Wildman–Crippen MR) is 154 cm³/mol. The number of carbonyl (C=O) groups is 1. The van der Waals surface area contributed by atoms with Gasteiger partial charge in [0, 0.05) is 29.1 Å². The number of methoxy groups -OCH3 is 1. The monoisotopic (exact) mass is 554 g/mol. The van der Waals surface area contributed by atoms with Crippen LogP contribution in [-0.4, -0.2) is 43.7 Å². The lowest BCUT2D eigenvalue weighted by atomic mass is 10.1. The number of rotatable bonds is 9. The molecule has 5 rings (SSSR count). The van der Waals surface area contributed by atoms with Gasteiger partial charge in [0.05, 0.1) is 25.4 Å². The number of aromatic hydroxyl groups is 1. The molecule has 5 aromatic rings. The van der Waals surface area contributed by atoms with Gasteiger partial charge in [-0.15, -0.1) is 10.2 Å². The third kappa shape index (κ3) is 5.74. The number of nitrogens with zero attached hydrogens (tertiary/aromatic N) is 5. The van der Waals surface area contributed by atoms with Gasteiger partial charge in [-0.05, 0) is 41.5 Å². The van der Waals surface area contributed by atoms with Gasteiger partial charge in [-0.1, -0.05) is 54.2 Å². The van der Waals surface area contributed by atoms with Crippen molar-refractivity contribution >= 4 is 34.7 Å². The van der Waals surface area contributed by atoms with Gasteiger partial charge >= 0.3 is 0 Å². The Hall–Kier alpha value is -4.90. The number of ether oxygens (including phenoxy) is 1. The largest absolute Gasteiger partial charge is 0.497 e. The van der Waals surface area contributed by atoms with Crippen molar-refractivity contribution in [1.82, 2.24) is 24.8 Å². The minimum Gasteiger partial charge on any atom is -0.497 e. The number of hydrogen-bond acceptors (Lipinski definition) is 8. The Kier molecular flexibility index (Phi) is 7.92. The molecule has 0 radical (unpaired) electrons. The second kappa shape index (κ2) is 11.9. The molecule has 10 nitrogen and oxygen atoms in total. The van der Waals surface area contributed by atoms with E-state index in [9.17, 15) is 14.7 Å². The highest BCUT2D eigenvalue weighted by atomic mass is 32.2. The van der Waals surface area contributed by atoms with E-state index >= 15 is 0 Å². The maximum absolute atomic E-state index is 13.2.